The summed E-state index contributed by atoms with van der Waals surface area (Å²) >= 11 is 0. The first kappa shape index (κ1) is 15.8. The summed E-state index contributed by atoms with van der Waals surface area (Å²) in [4.78, 5) is 12.2. The molecular formula is C16H30N2O2. The van der Waals surface area contributed by atoms with Crippen molar-refractivity contribution in [3.8, 4) is 0 Å². The molecule has 0 aromatic heterocycles. The average molecular weight is 282 g/mol. The summed E-state index contributed by atoms with van der Waals surface area (Å²) in [5, 5.41) is 6.43. The number of carbonyl (C=O) groups is 1. The van der Waals surface area contributed by atoms with Crippen LogP contribution in [0.4, 0.5) is 0 Å². The van der Waals surface area contributed by atoms with E-state index in [2.05, 4.69) is 17.6 Å². The van der Waals surface area contributed by atoms with Crippen LogP contribution in [-0.2, 0) is 9.53 Å². The van der Waals surface area contributed by atoms with Crippen LogP contribution in [0.3, 0.4) is 0 Å². The molecule has 4 nitrogen and oxygen atoms in total. The predicted molar refractivity (Wildman–Crippen MR) is 80.7 cm³/mol. The van der Waals surface area contributed by atoms with E-state index in [9.17, 15) is 4.79 Å². The molecular weight excluding hydrogens is 252 g/mol. The van der Waals surface area contributed by atoms with Crippen molar-refractivity contribution < 1.29 is 9.53 Å². The molecule has 2 N–H and O–H groups in total. The van der Waals surface area contributed by atoms with Gasteiger partial charge >= 0.3 is 0 Å². The van der Waals surface area contributed by atoms with Gasteiger partial charge in [0.05, 0.1) is 6.10 Å². The van der Waals surface area contributed by atoms with Crippen LogP contribution in [0.2, 0.25) is 0 Å². The van der Waals surface area contributed by atoms with Gasteiger partial charge in [0.25, 0.3) is 0 Å². The smallest absolute Gasteiger partial charge is 0.225 e. The maximum absolute atomic E-state index is 12.2. The van der Waals surface area contributed by atoms with Crippen LogP contribution in [0.15, 0.2) is 0 Å². The highest BCUT2D eigenvalue weighted by Gasteiger charge is 2.33. The minimum Gasteiger partial charge on any atom is -0.378 e. The highest BCUT2D eigenvalue weighted by Crippen LogP contribution is 2.35. The third kappa shape index (κ3) is 4.74. The van der Waals surface area contributed by atoms with E-state index in [4.69, 9.17) is 4.74 Å². The lowest BCUT2D eigenvalue weighted by molar-refractivity contribution is -0.131. The molecule has 1 aliphatic carbocycles. The Morgan fingerprint density at radius 1 is 1.25 bits per heavy atom. The van der Waals surface area contributed by atoms with Crippen LogP contribution < -0.4 is 10.6 Å². The molecule has 0 bridgehead atoms. The maximum Gasteiger partial charge on any atom is 0.225 e. The van der Waals surface area contributed by atoms with Gasteiger partial charge in [-0.1, -0.05) is 26.2 Å². The fraction of sp³-hybridized carbons (Fsp3) is 0.938. The van der Waals surface area contributed by atoms with E-state index in [1.165, 1.54) is 19.3 Å². The molecule has 1 saturated heterocycles. The van der Waals surface area contributed by atoms with E-state index in [1.54, 1.807) is 0 Å². The second kappa shape index (κ2) is 7.99. The van der Waals surface area contributed by atoms with E-state index in [0.717, 1.165) is 58.3 Å². The Hall–Kier alpha value is -0.610. The number of nitrogens with one attached hydrogen (secondary N) is 2. The van der Waals surface area contributed by atoms with Crippen LogP contribution in [0.25, 0.3) is 0 Å². The highest BCUT2D eigenvalue weighted by molar-refractivity contribution is 5.82. The average Bonchev–Trinajstić information content (AvgIpc) is 2.48. The monoisotopic (exact) mass is 282 g/mol. The normalized spacial score (nSPS) is 23.4. The zero-order chi connectivity index (χ0) is 14.3. The Morgan fingerprint density at radius 2 is 1.95 bits per heavy atom. The quantitative estimate of drug-likeness (QED) is 0.735. The van der Waals surface area contributed by atoms with Gasteiger partial charge < -0.3 is 15.4 Å². The first-order valence-corrected chi connectivity index (χ1v) is 8.31. The fourth-order valence-corrected chi connectivity index (χ4v) is 3.26. The van der Waals surface area contributed by atoms with Gasteiger partial charge in [-0.25, -0.2) is 0 Å². The van der Waals surface area contributed by atoms with Gasteiger partial charge in [-0.05, 0) is 45.2 Å². The highest BCUT2D eigenvalue weighted by atomic mass is 16.5. The van der Waals surface area contributed by atoms with Crippen LogP contribution in [-0.4, -0.2) is 38.3 Å². The molecule has 4 heteroatoms. The van der Waals surface area contributed by atoms with Gasteiger partial charge in [-0.3, -0.25) is 4.79 Å². The van der Waals surface area contributed by atoms with E-state index in [1.807, 2.05) is 0 Å². The molecule has 20 heavy (non-hydrogen) atoms. The lowest BCUT2D eigenvalue weighted by atomic mass is 9.75. The maximum atomic E-state index is 12.2. The number of hydrogen-bond donors (Lipinski definition) is 2. The summed E-state index contributed by atoms with van der Waals surface area (Å²) in [5.74, 6) is 0.249. The van der Waals surface area contributed by atoms with Crippen LogP contribution in [0, 0.1) is 5.41 Å². The summed E-state index contributed by atoms with van der Waals surface area (Å²) in [5.41, 5.74) is -0.117. The van der Waals surface area contributed by atoms with Gasteiger partial charge in [0.2, 0.25) is 5.91 Å². The molecule has 1 saturated carbocycles. The zero-order valence-corrected chi connectivity index (χ0v) is 12.9. The molecule has 1 amide bonds. The number of hydrogen-bond acceptors (Lipinski definition) is 3. The molecule has 2 aliphatic rings. The van der Waals surface area contributed by atoms with Gasteiger partial charge in [0.1, 0.15) is 0 Å². The first-order chi connectivity index (χ1) is 9.71. The van der Waals surface area contributed by atoms with E-state index in [-0.39, 0.29) is 11.3 Å². The topological polar surface area (TPSA) is 50.4 Å². The Kier molecular flexibility index (Phi) is 6.30. The molecule has 1 heterocycles. The summed E-state index contributed by atoms with van der Waals surface area (Å²) in [6.45, 7) is 5.77. The van der Waals surface area contributed by atoms with Gasteiger partial charge in [-0.15, -0.1) is 0 Å². The van der Waals surface area contributed by atoms with Gasteiger partial charge in [-0.2, -0.15) is 0 Å². The van der Waals surface area contributed by atoms with E-state index in [0.29, 0.717) is 6.10 Å². The predicted octanol–water partition coefficient (Wildman–Crippen LogP) is 2.23. The molecule has 0 radical (unpaired) electrons. The molecule has 2 fully saturated rings. The summed E-state index contributed by atoms with van der Waals surface area (Å²) in [6, 6.07) is 0. The summed E-state index contributed by atoms with van der Waals surface area (Å²) < 4.78 is 5.84. The van der Waals surface area contributed by atoms with Crippen LogP contribution in [0.5, 0.6) is 0 Å². The van der Waals surface area contributed by atoms with Crippen molar-refractivity contribution >= 4 is 5.91 Å². The Labute approximate surface area is 123 Å². The van der Waals surface area contributed by atoms with E-state index < -0.39 is 0 Å². The Morgan fingerprint density at radius 3 is 2.65 bits per heavy atom. The third-order valence-corrected chi connectivity index (χ3v) is 4.75. The lowest BCUT2D eigenvalue weighted by Crippen LogP contribution is -2.41. The molecule has 0 unspecified atom stereocenters. The van der Waals surface area contributed by atoms with Crippen molar-refractivity contribution in [3.05, 3.63) is 0 Å². The molecule has 2 rings (SSSR count). The van der Waals surface area contributed by atoms with Crippen molar-refractivity contribution in [1.82, 2.24) is 10.6 Å². The number of amides is 1. The first-order valence-electron chi connectivity index (χ1n) is 8.31. The van der Waals surface area contributed by atoms with Crippen molar-refractivity contribution in [2.45, 2.75) is 64.4 Å². The Bertz CT molecular complexity index is 295. The van der Waals surface area contributed by atoms with Crippen molar-refractivity contribution in [1.29, 1.82) is 0 Å². The van der Waals surface area contributed by atoms with Crippen molar-refractivity contribution in [3.63, 3.8) is 0 Å². The standard InChI is InChI=1S/C16H30N2O2/c1-16(8-3-2-4-9-16)15(19)18-10-5-13-20-14-6-11-17-12-7-14/h14,17H,2-13H2,1H3,(H,18,19). The minimum absolute atomic E-state index is 0.117. The second-order valence-corrected chi connectivity index (χ2v) is 6.55. The summed E-state index contributed by atoms with van der Waals surface area (Å²) in [6.07, 6.45) is 9.34. The molecule has 116 valence electrons. The van der Waals surface area contributed by atoms with Crippen LogP contribution >= 0.6 is 0 Å². The summed E-state index contributed by atoms with van der Waals surface area (Å²) in [7, 11) is 0. The molecule has 0 spiro atoms. The van der Waals surface area contributed by atoms with E-state index >= 15 is 0 Å². The SMILES string of the molecule is CC1(C(=O)NCCCOC2CCNCC2)CCCCC1. The number of ether oxygens (including phenoxy) is 1. The number of carbonyl (C=O) groups excluding carboxylic acids is 1. The van der Waals surface area contributed by atoms with Crippen molar-refractivity contribution in [2.75, 3.05) is 26.2 Å². The minimum atomic E-state index is -0.117. The lowest BCUT2D eigenvalue weighted by Gasteiger charge is -2.32. The van der Waals surface area contributed by atoms with Gasteiger partial charge in [0.15, 0.2) is 0 Å². The van der Waals surface area contributed by atoms with Gasteiger partial charge in [0, 0.05) is 18.6 Å². The van der Waals surface area contributed by atoms with Crippen LogP contribution in [0.1, 0.15) is 58.3 Å². The molecule has 0 atom stereocenters. The zero-order valence-electron chi connectivity index (χ0n) is 12.9. The number of rotatable bonds is 6. The molecule has 1 aliphatic heterocycles. The number of piperidine rings is 1. The fourth-order valence-electron chi connectivity index (χ4n) is 3.26. The third-order valence-electron chi connectivity index (χ3n) is 4.75. The second-order valence-electron chi connectivity index (χ2n) is 6.55. The largest absolute Gasteiger partial charge is 0.378 e. The molecule has 0 aromatic rings. The Balaban J connectivity index is 1.54. The van der Waals surface area contributed by atoms with Crippen molar-refractivity contribution in [2.24, 2.45) is 5.41 Å². The molecule has 0 aromatic carbocycles.